The number of fused-ring (bicyclic) bond motifs is 1. The average Bonchev–Trinajstić information content (AvgIpc) is 3.18. The molecule has 3 aromatic heterocycles. The second-order valence-electron chi connectivity index (χ2n) is 8.84. The van der Waals surface area contributed by atoms with Crippen molar-refractivity contribution >= 4 is 16.7 Å². The van der Waals surface area contributed by atoms with Gasteiger partial charge in [-0.05, 0) is 38.0 Å². The van der Waals surface area contributed by atoms with E-state index in [1.165, 1.54) is 6.39 Å². The molecule has 2 aliphatic rings. The number of hydrogen-bond donors (Lipinski definition) is 1. The van der Waals surface area contributed by atoms with Crippen LogP contribution in [0, 0.1) is 0 Å². The van der Waals surface area contributed by atoms with E-state index in [-0.39, 0.29) is 5.60 Å². The van der Waals surface area contributed by atoms with E-state index >= 15 is 0 Å². The molecule has 9 heteroatoms. The highest BCUT2D eigenvalue weighted by Gasteiger charge is 2.40. The first-order valence-electron chi connectivity index (χ1n) is 11.0. The highest BCUT2D eigenvalue weighted by Crippen LogP contribution is 2.40. The fraction of sp³-hybridized carbons (Fsp3) is 0.391. The van der Waals surface area contributed by atoms with Crippen LogP contribution in [0.4, 0.5) is 5.82 Å². The molecular formula is C23H25N7O2. The van der Waals surface area contributed by atoms with Gasteiger partial charge in [0.2, 0.25) is 0 Å². The summed E-state index contributed by atoms with van der Waals surface area (Å²) in [6, 6.07) is 8.10. The molecule has 32 heavy (non-hydrogen) atoms. The van der Waals surface area contributed by atoms with E-state index in [1.807, 2.05) is 18.2 Å². The number of anilines is 1. The minimum absolute atomic E-state index is 0.0184. The molecule has 164 valence electrons. The zero-order valence-electron chi connectivity index (χ0n) is 18.0. The lowest BCUT2D eigenvalue weighted by molar-refractivity contribution is 0.200. The molecule has 1 aliphatic carbocycles. The topological polar surface area (TPSA) is 96.2 Å². The SMILES string of the molecule is CC1(Oc2ccc3[nH]nc(-c4cc(N5CCN(Cc6cocn6)CC5)ncn4)c3c2)CC1. The Labute approximate surface area is 185 Å². The highest BCUT2D eigenvalue weighted by molar-refractivity contribution is 5.93. The Bertz CT molecular complexity index is 1220. The van der Waals surface area contributed by atoms with E-state index in [0.29, 0.717) is 0 Å². The van der Waals surface area contributed by atoms with Crippen LogP contribution in [0.15, 0.2) is 47.7 Å². The summed E-state index contributed by atoms with van der Waals surface area (Å²) < 4.78 is 11.2. The quantitative estimate of drug-likeness (QED) is 0.497. The van der Waals surface area contributed by atoms with Crippen molar-refractivity contribution in [2.75, 3.05) is 31.1 Å². The first-order chi connectivity index (χ1) is 15.7. The number of hydrogen-bond acceptors (Lipinski definition) is 8. The Morgan fingerprint density at radius 3 is 2.75 bits per heavy atom. The fourth-order valence-electron chi connectivity index (χ4n) is 4.14. The summed E-state index contributed by atoms with van der Waals surface area (Å²) in [5.41, 5.74) is 3.54. The van der Waals surface area contributed by atoms with Gasteiger partial charge < -0.3 is 14.1 Å². The summed E-state index contributed by atoms with van der Waals surface area (Å²) in [7, 11) is 0. The third kappa shape index (κ3) is 3.80. The van der Waals surface area contributed by atoms with Crippen LogP contribution < -0.4 is 9.64 Å². The molecule has 1 aliphatic heterocycles. The van der Waals surface area contributed by atoms with E-state index in [2.05, 4.69) is 47.9 Å². The summed E-state index contributed by atoms with van der Waals surface area (Å²) in [6.07, 6.45) is 7.01. The highest BCUT2D eigenvalue weighted by atomic mass is 16.5. The molecule has 0 amide bonds. The number of aromatic amines is 1. The van der Waals surface area contributed by atoms with Gasteiger partial charge in [0.15, 0.2) is 6.39 Å². The molecule has 0 radical (unpaired) electrons. The number of piperazine rings is 1. The second kappa shape index (κ2) is 7.59. The molecular weight excluding hydrogens is 406 g/mol. The lowest BCUT2D eigenvalue weighted by Crippen LogP contribution is -2.46. The Morgan fingerprint density at radius 1 is 1.09 bits per heavy atom. The zero-order valence-corrected chi connectivity index (χ0v) is 18.0. The number of H-pyrrole nitrogens is 1. The van der Waals surface area contributed by atoms with Crippen LogP contribution >= 0.6 is 0 Å². The van der Waals surface area contributed by atoms with E-state index in [0.717, 1.165) is 85.1 Å². The Hall–Kier alpha value is -3.46. The lowest BCUT2D eigenvalue weighted by atomic mass is 10.1. The Morgan fingerprint density at radius 2 is 1.97 bits per heavy atom. The smallest absolute Gasteiger partial charge is 0.180 e. The van der Waals surface area contributed by atoms with Crippen LogP contribution in [0.3, 0.4) is 0 Å². The summed E-state index contributed by atoms with van der Waals surface area (Å²) in [6.45, 7) is 6.63. The first-order valence-corrected chi connectivity index (χ1v) is 11.0. The molecule has 1 N–H and O–H groups in total. The maximum atomic E-state index is 6.15. The molecule has 1 saturated carbocycles. The minimum Gasteiger partial charge on any atom is -0.488 e. The van der Waals surface area contributed by atoms with Crippen molar-refractivity contribution in [3.8, 4) is 17.1 Å². The van der Waals surface area contributed by atoms with Crippen molar-refractivity contribution in [1.29, 1.82) is 0 Å². The van der Waals surface area contributed by atoms with Gasteiger partial charge >= 0.3 is 0 Å². The van der Waals surface area contributed by atoms with Gasteiger partial charge in [0.1, 0.15) is 35.5 Å². The van der Waals surface area contributed by atoms with Gasteiger partial charge in [-0.3, -0.25) is 10.00 Å². The van der Waals surface area contributed by atoms with Crippen LogP contribution in [0.1, 0.15) is 25.5 Å². The third-order valence-corrected chi connectivity index (χ3v) is 6.31. The number of benzene rings is 1. The van der Waals surface area contributed by atoms with Crippen molar-refractivity contribution in [3.63, 3.8) is 0 Å². The molecule has 0 atom stereocenters. The summed E-state index contributed by atoms with van der Waals surface area (Å²) in [4.78, 5) is 17.9. The van der Waals surface area contributed by atoms with Crippen LogP contribution in [0.2, 0.25) is 0 Å². The monoisotopic (exact) mass is 431 g/mol. The fourth-order valence-corrected chi connectivity index (χ4v) is 4.14. The molecule has 0 spiro atoms. The predicted molar refractivity (Wildman–Crippen MR) is 119 cm³/mol. The van der Waals surface area contributed by atoms with E-state index in [9.17, 15) is 0 Å². The third-order valence-electron chi connectivity index (χ3n) is 6.31. The van der Waals surface area contributed by atoms with E-state index in [4.69, 9.17) is 9.15 Å². The number of rotatable bonds is 6. The molecule has 4 aromatic rings. The molecule has 1 saturated heterocycles. The number of aromatic nitrogens is 5. The molecule has 1 aromatic carbocycles. The molecule has 9 nitrogen and oxygen atoms in total. The summed E-state index contributed by atoms with van der Waals surface area (Å²) in [5.74, 6) is 1.79. The number of oxazole rings is 1. The largest absolute Gasteiger partial charge is 0.488 e. The minimum atomic E-state index is -0.0184. The van der Waals surface area contributed by atoms with E-state index in [1.54, 1.807) is 12.6 Å². The normalized spacial score (nSPS) is 18.2. The second-order valence-corrected chi connectivity index (χ2v) is 8.84. The number of ether oxygens (including phenoxy) is 1. The van der Waals surface area contributed by atoms with Crippen LogP contribution in [-0.2, 0) is 6.54 Å². The van der Waals surface area contributed by atoms with Gasteiger partial charge in [-0.1, -0.05) is 0 Å². The van der Waals surface area contributed by atoms with E-state index < -0.39 is 0 Å². The zero-order chi connectivity index (χ0) is 21.5. The lowest BCUT2D eigenvalue weighted by Gasteiger charge is -2.35. The van der Waals surface area contributed by atoms with Crippen molar-refractivity contribution in [3.05, 3.63) is 48.9 Å². The van der Waals surface area contributed by atoms with Crippen LogP contribution in [0.5, 0.6) is 5.75 Å². The molecule has 6 rings (SSSR count). The van der Waals surface area contributed by atoms with Crippen LogP contribution in [-0.4, -0.2) is 61.8 Å². The molecule has 0 unspecified atom stereocenters. The predicted octanol–water partition coefficient (Wildman–Crippen LogP) is 3.26. The van der Waals surface area contributed by atoms with Gasteiger partial charge in [0.05, 0.1) is 16.9 Å². The van der Waals surface area contributed by atoms with Crippen LogP contribution in [0.25, 0.3) is 22.3 Å². The van der Waals surface area contributed by atoms with Gasteiger partial charge in [-0.25, -0.2) is 15.0 Å². The van der Waals surface area contributed by atoms with Gasteiger partial charge in [0.25, 0.3) is 0 Å². The standard InChI is InChI=1S/C23H25N7O2/c1-23(4-5-23)32-17-2-3-19-18(10-17)22(28-27-19)20-11-21(25-14-24-20)30-8-6-29(7-9-30)12-16-13-31-15-26-16/h2-3,10-11,13-15H,4-9,12H2,1H3,(H,27,28). The van der Waals surface area contributed by atoms with Gasteiger partial charge in [-0.15, -0.1) is 0 Å². The average molecular weight is 432 g/mol. The van der Waals surface area contributed by atoms with Gasteiger partial charge in [-0.2, -0.15) is 5.10 Å². The number of nitrogens with one attached hydrogen (secondary N) is 1. The van der Waals surface area contributed by atoms with Crippen molar-refractivity contribution in [2.45, 2.75) is 31.9 Å². The number of nitrogens with zero attached hydrogens (tertiary/aromatic N) is 6. The van der Waals surface area contributed by atoms with Crippen molar-refractivity contribution in [2.24, 2.45) is 0 Å². The maximum absolute atomic E-state index is 6.15. The molecule has 0 bridgehead atoms. The molecule has 2 fully saturated rings. The first kappa shape index (κ1) is 19.2. The Kier molecular flexibility index (Phi) is 4.57. The Balaban J connectivity index is 1.20. The summed E-state index contributed by atoms with van der Waals surface area (Å²) >= 11 is 0. The summed E-state index contributed by atoms with van der Waals surface area (Å²) in [5, 5.41) is 8.67. The maximum Gasteiger partial charge on any atom is 0.180 e. The van der Waals surface area contributed by atoms with Crippen molar-refractivity contribution < 1.29 is 9.15 Å². The van der Waals surface area contributed by atoms with Gasteiger partial charge in [0, 0.05) is 44.2 Å². The van der Waals surface area contributed by atoms with Crippen molar-refractivity contribution in [1.82, 2.24) is 30.0 Å². The molecule has 4 heterocycles.